The molecule has 0 spiro atoms. The number of halogens is 2. The Balaban J connectivity index is 2.14. The van der Waals surface area contributed by atoms with Gasteiger partial charge in [-0.1, -0.05) is 23.7 Å². The molecule has 1 aliphatic heterocycles. The number of ketones is 1. The molecular weight excluding hydrogens is 411 g/mol. The predicted octanol–water partition coefficient (Wildman–Crippen LogP) is 3.47. The second kappa shape index (κ2) is 8.85. The first kappa shape index (κ1) is 21.8. The van der Waals surface area contributed by atoms with E-state index in [0.29, 0.717) is 17.9 Å². The zero-order chi connectivity index (χ0) is 22.0. The van der Waals surface area contributed by atoms with Crippen LogP contribution in [0.2, 0.25) is 5.02 Å². The Morgan fingerprint density at radius 3 is 2.43 bits per heavy atom. The number of Topliss-reactive ketones (excluding diaryl/α,β-unsaturated/α-hetero) is 1. The Labute approximate surface area is 179 Å². The number of carbonyl (C=O) groups is 2. The second-order valence-electron chi connectivity index (χ2n) is 7.20. The van der Waals surface area contributed by atoms with Crippen LogP contribution in [0.1, 0.15) is 17.2 Å². The zero-order valence-corrected chi connectivity index (χ0v) is 17.6. The van der Waals surface area contributed by atoms with E-state index in [-0.39, 0.29) is 28.5 Å². The average Bonchev–Trinajstić information content (AvgIpc) is 2.96. The fourth-order valence-corrected chi connectivity index (χ4v) is 3.64. The molecule has 0 radical (unpaired) electrons. The molecule has 0 aliphatic carbocycles. The minimum absolute atomic E-state index is 0.0633. The van der Waals surface area contributed by atoms with Crippen molar-refractivity contribution in [1.82, 2.24) is 9.80 Å². The number of aliphatic hydroxyl groups is 1. The lowest BCUT2D eigenvalue weighted by Crippen LogP contribution is -2.35. The molecule has 0 aromatic heterocycles. The number of benzene rings is 2. The summed E-state index contributed by atoms with van der Waals surface area (Å²) in [4.78, 5) is 28.9. The van der Waals surface area contributed by atoms with Gasteiger partial charge in [0.15, 0.2) is 0 Å². The van der Waals surface area contributed by atoms with Crippen molar-refractivity contribution in [3.05, 3.63) is 70.0 Å². The fourth-order valence-electron chi connectivity index (χ4n) is 3.38. The molecule has 1 aliphatic rings. The van der Waals surface area contributed by atoms with Crippen molar-refractivity contribution < 1.29 is 23.8 Å². The summed E-state index contributed by atoms with van der Waals surface area (Å²) >= 11 is 6.16. The zero-order valence-electron chi connectivity index (χ0n) is 16.9. The van der Waals surface area contributed by atoms with E-state index in [4.69, 9.17) is 16.3 Å². The van der Waals surface area contributed by atoms with E-state index in [9.17, 15) is 19.1 Å². The summed E-state index contributed by atoms with van der Waals surface area (Å²) in [6, 6.07) is 9.25. The Morgan fingerprint density at radius 2 is 1.87 bits per heavy atom. The minimum atomic E-state index is -0.841. The maximum Gasteiger partial charge on any atom is 0.295 e. The Kier molecular flexibility index (Phi) is 6.43. The molecule has 8 heteroatoms. The van der Waals surface area contributed by atoms with Crippen LogP contribution in [0.15, 0.2) is 48.0 Å². The molecule has 30 heavy (non-hydrogen) atoms. The number of rotatable bonds is 6. The number of nitrogens with zero attached hydrogens (tertiary/aromatic N) is 2. The van der Waals surface area contributed by atoms with Crippen LogP contribution in [0.25, 0.3) is 5.76 Å². The highest BCUT2D eigenvalue weighted by atomic mass is 35.5. The van der Waals surface area contributed by atoms with Gasteiger partial charge in [-0.3, -0.25) is 9.59 Å². The fraction of sp³-hybridized carbons (Fsp3) is 0.273. The molecule has 1 saturated heterocycles. The molecule has 2 aromatic rings. The van der Waals surface area contributed by atoms with Crippen molar-refractivity contribution in [2.24, 2.45) is 0 Å². The van der Waals surface area contributed by atoms with Crippen LogP contribution in [-0.4, -0.2) is 60.9 Å². The monoisotopic (exact) mass is 432 g/mol. The van der Waals surface area contributed by atoms with Crippen molar-refractivity contribution >= 4 is 29.1 Å². The number of likely N-dealkylation sites (N-methyl/N-ethyl adjacent to an activating group) is 1. The number of hydrogen-bond acceptors (Lipinski definition) is 5. The van der Waals surface area contributed by atoms with Gasteiger partial charge in [0.1, 0.15) is 17.3 Å². The Hall–Kier alpha value is -2.90. The highest BCUT2D eigenvalue weighted by molar-refractivity contribution is 6.46. The van der Waals surface area contributed by atoms with Crippen molar-refractivity contribution in [2.45, 2.75) is 6.04 Å². The minimum Gasteiger partial charge on any atom is -0.507 e. The van der Waals surface area contributed by atoms with Gasteiger partial charge in [-0.15, -0.1) is 0 Å². The molecule has 1 fully saturated rings. The van der Waals surface area contributed by atoms with Crippen LogP contribution >= 0.6 is 11.6 Å². The first-order valence-corrected chi connectivity index (χ1v) is 9.65. The standard InChI is InChI=1S/C22H22ClFN2O4/c1-25(2)10-11-26-19(13-4-7-15(24)8-5-13)18(21(28)22(26)29)20(27)14-6-9-17(30-3)16(23)12-14/h4-9,12,19,27H,10-11H2,1-3H3/b20-18-/t19-/m1/s1. The van der Waals surface area contributed by atoms with Gasteiger partial charge in [0.2, 0.25) is 0 Å². The van der Waals surface area contributed by atoms with Gasteiger partial charge in [-0.25, -0.2) is 4.39 Å². The van der Waals surface area contributed by atoms with Crippen molar-refractivity contribution in [1.29, 1.82) is 0 Å². The SMILES string of the molecule is COc1ccc(/C(O)=C2/C(=O)C(=O)N(CCN(C)C)[C@@H]2c2ccc(F)cc2)cc1Cl. The van der Waals surface area contributed by atoms with E-state index in [1.165, 1.54) is 42.3 Å². The molecule has 6 nitrogen and oxygen atoms in total. The topological polar surface area (TPSA) is 70.1 Å². The summed E-state index contributed by atoms with van der Waals surface area (Å²) in [5.41, 5.74) is 0.737. The van der Waals surface area contributed by atoms with Gasteiger partial charge in [-0.05, 0) is 50.0 Å². The Bertz CT molecular complexity index is 1000. The smallest absolute Gasteiger partial charge is 0.295 e. The highest BCUT2D eigenvalue weighted by Gasteiger charge is 2.45. The number of carbonyl (C=O) groups excluding carboxylic acids is 2. The largest absolute Gasteiger partial charge is 0.507 e. The maximum absolute atomic E-state index is 13.5. The molecule has 0 bridgehead atoms. The molecule has 158 valence electrons. The van der Waals surface area contributed by atoms with Crippen molar-refractivity contribution in [3.8, 4) is 5.75 Å². The van der Waals surface area contributed by atoms with Crippen LogP contribution in [0.5, 0.6) is 5.75 Å². The maximum atomic E-state index is 13.5. The van der Waals surface area contributed by atoms with E-state index in [2.05, 4.69) is 0 Å². The Morgan fingerprint density at radius 1 is 1.20 bits per heavy atom. The molecule has 1 amide bonds. The van der Waals surface area contributed by atoms with Gasteiger partial charge < -0.3 is 19.6 Å². The number of ether oxygens (including phenoxy) is 1. The normalized spacial score (nSPS) is 18.3. The summed E-state index contributed by atoms with van der Waals surface area (Å²) in [7, 11) is 5.16. The summed E-state index contributed by atoms with van der Waals surface area (Å²) in [5.74, 6) is -1.89. The lowest BCUT2D eigenvalue weighted by Gasteiger charge is -2.26. The van der Waals surface area contributed by atoms with Crippen LogP contribution in [0, 0.1) is 5.82 Å². The third kappa shape index (κ3) is 4.17. The second-order valence-corrected chi connectivity index (χ2v) is 7.60. The van der Waals surface area contributed by atoms with Gasteiger partial charge in [0, 0.05) is 18.7 Å². The van der Waals surface area contributed by atoms with Crippen LogP contribution in [-0.2, 0) is 9.59 Å². The van der Waals surface area contributed by atoms with E-state index in [1.54, 1.807) is 12.1 Å². The van der Waals surface area contributed by atoms with E-state index < -0.39 is 23.5 Å². The van der Waals surface area contributed by atoms with Crippen LogP contribution in [0.4, 0.5) is 4.39 Å². The molecule has 1 N–H and O–H groups in total. The predicted molar refractivity (Wildman–Crippen MR) is 112 cm³/mol. The first-order chi connectivity index (χ1) is 14.2. The molecule has 0 unspecified atom stereocenters. The van der Waals surface area contributed by atoms with E-state index in [1.807, 2.05) is 19.0 Å². The number of likely N-dealkylation sites (tertiary alicyclic amines) is 1. The van der Waals surface area contributed by atoms with Gasteiger partial charge in [0.05, 0.1) is 23.7 Å². The van der Waals surface area contributed by atoms with Crippen LogP contribution in [0.3, 0.4) is 0 Å². The third-order valence-corrected chi connectivity index (χ3v) is 5.23. The van der Waals surface area contributed by atoms with Gasteiger partial charge >= 0.3 is 0 Å². The summed E-state index contributed by atoms with van der Waals surface area (Å²) < 4.78 is 18.6. The van der Waals surface area contributed by atoms with Crippen LogP contribution < -0.4 is 4.74 Å². The summed E-state index contributed by atoms with van der Waals surface area (Å²) in [6.45, 7) is 0.777. The first-order valence-electron chi connectivity index (χ1n) is 9.27. The number of amides is 1. The van der Waals surface area contributed by atoms with Crippen molar-refractivity contribution in [3.63, 3.8) is 0 Å². The number of hydrogen-bond donors (Lipinski definition) is 1. The third-order valence-electron chi connectivity index (χ3n) is 4.94. The molecule has 1 atom stereocenters. The molecule has 3 rings (SSSR count). The summed E-state index contributed by atoms with van der Waals surface area (Å²) in [5, 5.41) is 11.2. The number of aliphatic hydroxyl groups excluding tert-OH is 1. The molecule has 2 aromatic carbocycles. The lowest BCUT2D eigenvalue weighted by atomic mass is 9.95. The molecular formula is C22H22ClFN2O4. The summed E-state index contributed by atoms with van der Waals surface area (Å²) in [6.07, 6.45) is 0. The lowest BCUT2D eigenvalue weighted by molar-refractivity contribution is -0.140. The van der Waals surface area contributed by atoms with Gasteiger partial charge in [0.25, 0.3) is 11.7 Å². The van der Waals surface area contributed by atoms with Crippen molar-refractivity contribution in [2.75, 3.05) is 34.3 Å². The average molecular weight is 433 g/mol. The quantitative estimate of drug-likeness (QED) is 0.430. The molecule has 1 heterocycles. The molecule has 0 saturated carbocycles. The highest BCUT2D eigenvalue weighted by Crippen LogP contribution is 2.40. The van der Waals surface area contributed by atoms with E-state index >= 15 is 0 Å². The van der Waals surface area contributed by atoms with Gasteiger partial charge in [-0.2, -0.15) is 0 Å². The van der Waals surface area contributed by atoms with E-state index in [0.717, 1.165) is 0 Å². The number of methoxy groups -OCH3 is 1.